The predicted octanol–water partition coefficient (Wildman–Crippen LogP) is 0.801. The van der Waals surface area contributed by atoms with Crippen LogP contribution in [0.2, 0.25) is 0 Å². The van der Waals surface area contributed by atoms with E-state index in [0.717, 1.165) is 0 Å². The van der Waals surface area contributed by atoms with Gasteiger partial charge in [-0.25, -0.2) is 13.1 Å². The van der Waals surface area contributed by atoms with E-state index in [9.17, 15) is 8.42 Å². The molecule has 1 aromatic rings. The molecule has 0 amide bonds. The summed E-state index contributed by atoms with van der Waals surface area (Å²) in [6, 6.07) is 4.86. The third kappa shape index (κ3) is 3.78. The first-order valence-electron chi connectivity index (χ1n) is 5.63. The van der Waals surface area contributed by atoms with Crippen LogP contribution in [0.1, 0.15) is 18.1 Å². The Morgan fingerprint density at radius 3 is 2.67 bits per heavy atom. The molecule has 1 unspecified atom stereocenters. The van der Waals surface area contributed by atoms with Crippen molar-refractivity contribution in [1.82, 2.24) is 4.72 Å². The zero-order valence-corrected chi connectivity index (χ0v) is 11.6. The molecule has 0 saturated carbocycles. The Morgan fingerprint density at radius 1 is 1.44 bits per heavy atom. The van der Waals surface area contributed by atoms with Crippen LogP contribution in [0.3, 0.4) is 0 Å². The van der Waals surface area contributed by atoms with Crippen molar-refractivity contribution in [2.24, 2.45) is 0 Å². The Morgan fingerprint density at radius 2 is 2.11 bits per heavy atom. The molecule has 0 heterocycles. The minimum absolute atomic E-state index is 0.183. The molecule has 1 atom stereocenters. The first-order valence-corrected chi connectivity index (χ1v) is 7.12. The van der Waals surface area contributed by atoms with Gasteiger partial charge < -0.3 is 9.84 Å². The molecule has 6 heteroatoms. The molecule has 2 N–H and O–H groups in total. The topological polar surface area (TPSA) is 75.6 Å². The lowest BCUT2D eigenvalue weighted by Crippen LogP contribution is -2.32. The van der Waals surface area contributed by atoms with Gasteiger partial charge in [-0.2, -0.15) is 0 Å². The van der Waals surface area contributed by atoms with Gasteiger partial charge in [0.2, 0.25) is 10.0 Å². The summed E-state index contributed by atoms with van der Waals surface area (Å²) in [5.41, 5.74) is 1.21. The monoisotopic (exact) mass is 273 g/mol. The molecule has 1 aromatic carbocycles. The standard InChI is InChI=1S/C12H19NO4S/c1-9-4-5-11(8-14)6-12(9)18(15,16)13-7-10(2)17-3/h4-6,10,13-14H,7-8H2,1-3H3. The van der Waals surface area contributed by atoms with E-state index in [4.69, 9.17) is 9.84 Å². The van der Waals surface area contributed by atoms with E-state index >= 15 is 0 Å². The summed E-state index contributed by atoms with van der Waals surface area (Å²) < 4.78 is 31.7. The summed E-state index contributed by atoms with van der Waals surface area (Å²) in [5, 5.41) is 9.04. The minimum atomic E-state index is -3.57. The average Bonchev–Trinajstić information content (AvgIpc) is 2.36. The molecule has 0 aliphatic carbocycles. The SMILES string of the molecule is COC(C)CNS(=O)(=O)c1cc(CO)ccc1C. The van der Waals surface area contributed by atoms with E-state index in [-0.39, 0.29) is 24.2 Å². The lowest BCUT2D eigenvalue weighted by molar-refractivity contribution is 0.122. The molecular formula is C12H19NO4S. The molecule has 1 rings (SSSR count). The number of aryl methyl sites for hydroxylation is 1. The third-order valence-electron chi connectivity index (χ3n) is 2.69. The van der Waals surface area contributed by atoms with E-state index in [1.807, 2.05) is 0 Å². The molecule has 5 nitrogen and oxygen atoms in total. The first-order chi connectivity index (χ1) is 8.40. The van der Waals surface area contributed by atoms with E-state index in [1.54, 1.807) is 26.0 Å². The molecule has 0 fully saturated rings. The largest absolute Gasteiger partial charge is 0.392 e. The molecule has 102 valence electrons. The molecule has 0 aliphatic heterocycles. The van der Waals surface area contributed by atoms with E-state index in [1.165, 1.54) is 13.2 Å². The lowest BCUT2D eigenvalue weighted by atomic mass is 10.2. The summed E-state index contributed by atoms with van der Waals surface area (Å²) in [4.78, 5) is 0.192. The normalized spacial score (nSPS) is 13.6. The highest BCUT2D eigenvalue weighted by Gasteiger charge is 2.17. The molecule has 0 radical (unpaired) electrons. The zero-order valence-electron chi connectivity index (χ0n) is 10.8. The fourth-order valence-corrected chi connectivity index (χ4v) is 2.83. The van der Waals surface area contributed by atoms with Crippen LogP contribution in [0.5, 0.6) is 0 Å². The van der Waals surface area contributed by atoms with Crippen LogP contribution in [-0.4, -0.2) is 33.3 Å². The molecule has 18 heavy (non-hydrogen) atoms. The van der Waals surface area contributed by atoms with Crippen molar-refractivity contribution >= 4 is 10.0 Å². The Kier molecular flexibility index (Phi) is 5.28. The fraction of sp³-hybridized carbons (Fsp3) is 0.500. The predicted molar refractivity (Wildman–Crippen MR) is 68.8 cm³/mol. The highest BCUT2D eigenvalue weighted by molar-refractivity contribution is 7.89. The second-order valence-electron chi connectivity index (χ2n) is 4.16. The Labute approximate surface area is 108 Å². The second kappa shape index (κ2) is 6.29. The van der Waals surface area contributed by atoms with Gasteiger partial charge in [0.25, 0.3) is 0 Å². The van der Waals surface area contributed by atoms with Gasteiger partial charge in [-0.1, -0.05) is 12.1 Å². The Hall–Kier alpha value is -0.950. The highest BCUT2D eigenvalue weighted by atomic mass is 32.2. The molecule has 0 aromatic heterocycles. The number of benzene rings is 1. The third-order valence-corrected chi connectivity index (χ3v) is 4.25. The summed E-state index contributed by atoms with van der Waals surface area (Å²) in [6.07, 6.45) is -0.193. The molecular weight excluding hydrogens is 254 g/mol. The van der Waals surface area contributed by atoms with Crippen molar-refractivity contribution in [3.8, 4) is 0 Å². The summed E-state index contributed by atoms with van der Waals surface area (Å²) in [6.45, 7) is 3.52. The number of sulfonamides is 1. The maximum Gasteiger partial charge on any atom is 0.240 e. The summed E-state index contributed by atoms with van der Waals surface area (Å²) in [7, 11) is -2.05. The fourth-order valence-electron chi connectivity index (χ4n) is 1.42. The smallest absolute Gasteiger partial charge is 0.240 e. The van der Waals surface area contributed by atoms with E-state index in [2.05, 4.69) is 4.72 Å². The van der Waals surface area contributed by atoms with Crippen molar-refractivity contribution in [2.75, 3.05) is 13.7 Å². The summed E-state index contributed by atoms with van der Waals surface area (Å²) in [5.74, 6) is 0. The highest BCUT2D eigenvalue weighted by Crippen LogP contribution is 2.17. The van der Waals surface area contributed by atoms with E-state index < -0.39 is 10.0 Å². The first kappa shape index (κ1) is 15.1. The Balaban J connectivity index is 2.97. The number of methoxy groups -OCH3 is 1. The van der Waals surface area contributed by atoms with Gasteiger partial charge in [-0.05, 0) is 31.0 Å². The van der Waals surface area contributed by atoms with Crippen LogP contribution in [0.15, 0.2) is 23.1 Å². The zero-order chi connectivity index (χ0) is 13.8. The lowest BCUT2D eigenvalue weighted by Gasteiger charge is -2.13. The van der Waals surface area contributed by atoms with Gasteiger partial charge in [-0.15, -0.1) is 0 Å². The van der Waals surface area contributed by atoms with Crippen LogP contribution < -0.4 is 4.72 Å². The van der Waals surface area contributed by atoms with Crippen LogP contribution in [0, 0.1) is 6.92 Å². The Bertz CT molecular complexity index is 499. The number of aliphatic hydroxyl groups is 1. The van der Waals surface area contributed by atoms with Crippen LogP contribution >= 0.6 is 0 Å². The number of rotatable bonds is 6. The van der Waals surface area contributed by atoms with Crippen molar-refractivity contribution in [1.29, 1.82) is 0 Å². The van der Waals surface area contributed by atoms with Gasteiger partial charge in [-0.3, -0.25) is 0 Å². The van der Waals surface area contributed by atoms with Gasteiger partial charge in [0.05, 0.1) is 17.6 Å². The number of hydrogen-bond acceptors (Lipinski definition) is 4. The second-order valence-corrected chi connectivity index (χ2v) is 5.89. The quantitative estimate of drug-likeness (QED) is 0.804. The maximum absolute atomic E-state index is 12.1. The number of ether oxygens (including phenoxy) is 1. The van der Waals surface area contributed by atoms with Gasteiger partial charge in [0.15, 0.2) is 0 Å². The van der Waals surface area contributed by atoms with Crippen LogP contribution in [0.25, 0.3) is 0 Å². The summed E-state index contributed by atoms with van der Waals surface area (Å²) >= 11 is 0. The molecule has 0 bridgehead atoms. The molecule has 0 saturated heterocycles. The minimum Gasteiger partial charge on any atom is -0.392 e. The number of aliphatic hydroxyl groups excluding tert-OH is 1. The van der Waals surface area contributed by atoms with E-state index in [0.29, 0.717) is 11.1 Å². The van der Waals surface area contributed by atoms with Gasteiger partial charge >= 0.3 is 0 Å². The maximum atomic E-state index is 12.1. The number of hydrogen-bond donors (Lipinski definition) is 2. The van der Waals surface area contributed by atoms with Gasteiger partial charge in [0, 0.05) is 13.7 Å². The average molecular weight is 273 g/mol. The molecule has 0 spiro atoms. The van der Waals surface area contributed by atoms with Crippen LogP contribution in [0.4, 0.5) is 0 Å². The van der Waals surface area contributed by atoms with Gasteiger partial charge in [0.1, 0.15) is 0 Å². The number of nitrogens with one attached hydrogen (secondary N) is 1. The van der Waals surface area contributed by atoms with Crippen molar-refractivity contribution in [2.45, 2.75) is 31.5 Å². The van der Waals surface area contributed by atoms with Crippen molar-refractivity contribution in [3.63, 3.8) is 0 Å². The van der Waals surface area contributed by atoms with Crippen molar-refractivity contribution in [3.05, 3.63) is 29.3 Å². The van der Waals surface area contributed by atoms with Crippen molar-refractivity contribution < 1.29 is 18.3 Å². The van der Waals surface area contributed by atoms with Crippen LogP contribution in [-0.2, 0) is 21.4 Å². The molecule has 0 aliphatic rings.